The van der Waals surface area contributed by atoms with Gasteiger partial charge in [-0.15, -0.1) is 0 Å². The van der Waals surface area contributed by atoms with E-state index in [1.807, 2.05) is 0 Å². The fourth-order valence-electron chi connectivity index (χ4n) is 1.67. The maximum atomic E-state index is 12.9. The molecule has 5 nitrogen and oxygen atoms in total. The van der Waals surface area contributed by atoms with Crippen molar-refractivity contribution < 1.29 is 22.7 Å². The van der Waals surface area contributed by atoms with E-state index in [4.69, 9.17) is 16.3 Å². The van der Waals surface area contributed by atoms with Crippen molar-refractivity contribution in [2.45, 2.75) is 20.0 Å². The van der Waals surface area contributed by atoms with Gasteiger partial charge in [-0.1, -0.05) is 11.6 Å². The minimum Gasteiger partial charge on any atom is -0.462 e. The van der Waals surface area contributed by atoms with Crippen LogP contribution in [-0.4, -0.2) is 27.2 Å². The molecule has 0 radical (unpaired) electrons. The van der Waals surface area contributed by atoms with E-state index in [-0.39, 0.29) is 28.5 Å². The Balaban J connectivity index is 2.72. The maximum Gasteiger partial charge on any atom is 0.433 e. The number of nitrogens with zero attached hydrogens (tertiary/aromatic N) is 3. The fraction of sp³-hybridized carbons (Fsp3) is 0.364. The molecule has 0 N–H and O–H groups in total. The van der Waals surface area contributed by atoms with E-state index in [0.29, 0.717) is 0 Å². The van der Waals surface area contributed by atoms with Crippen LogP contribution >= 0.6 is 11.6 Å². The van der Waals surface area contributed by atoms with E-state index in [1.54, 1.807) is 6.92 Å². The number of esters is 1. The summed E-state index contributed by atoms with van der Waals surface area (Å²) in [6, 6.07) is 0. The van der Waals surface area contributed by atoms with Gasteiger partial charge < -0.3 is 4.74 Å². The molecule has 0 aliphatic heterocycles. The van der Waals surface area contributed by atoms with Crippen molar-refractivity contribution >= 4 is 23.2 Å². The smallest absolute Gasteiger partial charge is 0.433 e. The molecule has 0 unspecified atom stereocenters. The topological polar surface area (TPSA) is 56.5 Å². The first kappa shape index (κ1) is 14.6. The summed E-state index contributed by atoms with van der Waals surface area (Å²) in [6.45, 7) is 2.85. The van der Waals surface area contributed by atoms with E-state index in [9.17, 15) is 18.0 Å². The molecular weight excluding hydrogens is 299 g/mol. The lowest BCUT2D eigenvalue weighted by molar-refractivity contribution is -0.141. The summed E-state index contributed by atoms with van der Waals surface area (Å²) >= 11 is 5.84. The Morgan fingerprint density at radius 1 is 1.50 bits per heavy atom. The minimum atomic E-state index is -4.67. The molecule has 0 amide bonds. The van der Waals surface area contributed by atoms with E-state index < -0.39 is 17.8 Å². The van der Waals surface area contributed by atoms with Crippen molar-refractivity contribution in [1.29, 1.82) is 0 Å². The molecule has 2 rings (SSSR count). The van der Waals surface area contributed by atoms with Gasteiger partial charge in [-0.05, 0) is 13.8 Å². The second-order valence-corrected chi connectivity index (χ2v) is 4.25. The van der Waals surface area contributed by atoms with Crippen LogP contribution in [0.1, 0.15) is 28.5 Å². The molecule has 108 valence electrons. The van der Waals surface area contributed by atoms with Crippen LogP contribution in [-0.2, 0) is 10.9 Å². The Kier molecular flexibility index (Phi) is 3.59. The summed E-state index contributed by atoms with van der Waals surface area (Å²) < 4.78 is 44.3. The van der Waals surface area contributed by atoms with Gasteiger partial charge in [0.1, 0.15) is 10.7 Å². The van der Waals surface area contributed by atoms with Crippen molar-refractivity contribution in [3.8, 4) is 0 Å². The zero-order valence-electron chi connectivity index (χ0n) is 10.5. The highest BCUT2D eigenvalue weighted by molar-refractivity contribution is 6.30. The van der Waals surface area contributed by atoms with Crippen LogP contribution in [0, 0.1) is 6.92 Å². The molecule has 0 atom stereocenters. The number of halogens is 4. The monoisotopic (exact) mass is 307 g/mol. The predicted molar refractivity (Wildman–Crippen MR) is 63.7 cm³/mol. The Morgan fingerprint density at radius 2 is 2.15 bits per heavy atom. The van der Waals surface area contributed by atoms with Crippen molar-refractivity contribution in [2.75, 3.05) is 6.61 Å². The number of carbonyl (C=O) groups is 1. The first-order chi connectivity index (χ1) is 9.27. The van der Waals surface area contributed by atoms with Gasteiger partial charge in [0, 0.05) is 5.56 Å². The number of fused-ring (bicyclic) bond motifs is 1. The van der Waals surface area contributed by atoms with Gasteiger partial charge in [-0.2, -0.15) is 18.3 Å². The molecule has 0 aliphatic carbocycles. The van der Waals surface area contributed by atoms with Gasteiger partial charge in [0.15, 0.2) is 11.3 Å². The molecule has 9 heteroatoms. The third kappa shape index (κ3) is 2.31. The number of carbonyl (C=O) groups excluding carboxylic acids is 1. The highest BCUT2D eigenvalue weighted by Crippen LogP contribution is 2.34. The number of ether oxygens (including phenoxy) is 1. The van der Waals surface area contributed by atoms with E-state index in [1.165, 1.54) is 6.92 Å². The van der Waals surface area contributed by atoms with Gasteiger partial charge in [0.05, 0.1) is 12.8 Å². The SMILES string of the molecule is CCOC(=O)c1cnn2c(Cl)c(C)c(C(F)(F)F)nc12. The van der Waals surface area contributed by atoms with Crippen LogP contribution in [0.4, 0.5) is 13.2 Å². The molecule has 0 saturated carbocycles. The second-order valence-electron chi connectivity index (χ2n) is 3.89. The molecule has 2 aromatic rings. The van der Waals surface area contributed by atoms with E-state index in [0.717, 1.165) is 10.7 Å². The molecule has 0 saturated heterocycles. The van der Waals surface area contributed by atoms with Crippen molar-refractivity contribution in [3.05, 3.63) is 28.2 Å². The minimum absolute atomic E-state index is 0.0852. The summed E-state index contributed by atoms with van der Waals surface area (Å²) in [4.78, 5) is 15.1. The fourth-order valence-corrected chi connectivity index (χ4v) is 1.88. The summed E-state index contributed by atoms with van der Waals surface area (Å²) in [7, 11) is 0. The Labute approximate surface area is 116 Å². The number of rotatable bonds is 2. The van der Waals surface area contributed by atoms with Gasteiger partial charge in [0.25, 0.3) is 0 Å². The zero-order valence-corrected chi connectivity index (χ0v) is 11.2. The van der Waals surface area contributed by atoms with Crippen LogP contribution in [0.5, 0.6) is 0 Å². The number of alkyl halides is 3. The predicted octanol–water partition coefficient (Wildman–Crippen LogP) is 2.89. The van der Waals surface area contributed by atoms with Crippen molar-refractivity contribution in [2.24, 2.45) is 0 Å². The standard InChI is InChI=1S/C11H9ClF3N3O2/c1-3-20-10(19)6-4-16-18-8(12)5(2)7(11(13,14)15)17-9(6)18/h4H,3H2,1-2H3. The molecule has 2 heterocycles. The molecule has 0 aliphatic rings. The van der Waals surface area contributed by atoms with E-state index in [2.05, 4.69) is 10.1 Å². The third-order valence-electron chi connectivity index (χ3n) is 2.58. The van der Waals surface area contributed by atoms with Gasteiger partial charge in [0.2, 0.25) is 0 Å². The Hall–Kier alpha value is -1.83. The summed E-state index contributed by atoms with van der Waals surface area (Å²) in [5, 5.41) is 3.51. The van der Waals surface area contributed by atoms with Crippen LogP contribution in [0.2, 0.25) is 5.15 Å². The van der Waals surface area contributed by atoms with Crippen molar-refractivity contribution in [3.63, 3.8) is 0 Å². The quantitative estimate of drug-likeness (QED) is 0.632. The molecule has 0 aromatic carbocycles. The number of hydrogen-bond acceptors (Lipinski definition) is 4. The van der Waals surface area contributed by atoms with Crippen LogP contribution in [0.15, 0.2) is 6.20 Å². The lowest BCUT2D eigenvalue weighted by Gasteiger charge is -2.11. The van der Waals surface area contributed by atoms with Crippen LogP contribution in [0.25, 0.3) is 5.65 Å². The first-order valence-electron chi connectivity index (χ1n) is 5.55. The highest BCUT2D eigenvalue weighted by atomic mass is 35.5. The average molecular weight is 308 g/mol. The Bertz CT molecular complexity index is 682. The zero-order chi connectivity index (χ0) is 15.1. The van der Waals surface area contributed by atoms with Gasteiger partial charge in [-0.25, -0.2) is 14.3 Å². The summed E-state index contributed by atoms with van der Waals surface area (Å²) in [5.41, 5.74) is -1.86. The second kappa shape index (κ2) is 4.93. The first-order valence-corrected chi connectivity index (χ1v) is 5.93. The Morgan fingerprint density at radius 3 is 2.70 bits per heavy atom. The summed E-state index contributed by atoms with van der Waals surface area (Å²) in [6.07, 6.45) is -3.60. The van der Waals surface area contributed by atoms with Gasteiger partial charge >= 0.3 is 12.1 Å². The molecule has 0 bridgehead atoms. The third-order valence-corrected chi connectivity index (χ3v) is 3.02. The average Bonchev–Trinajstić information content (AvgIpc) is 2.76. The number of hydrogen-bond donors (Lipinski definition) is 0. The van der Waals surface area contributed by atoms with E-state index >= 15 is 0 Å². The lowest BCUT2D eigenvalue weighted by Crippen LogP contribution is -2.14. The molecule has 20 heavy (non-hydrogen) atoms. The molecular formula is C11H9ClF3N3O2. The van der Waals surface area contributed by atoms with Gasteiger partial charge in [-0.3, -0.25) is 0 Å². The largest absolute Gasteiger partial charge is 0.462 e. The molecule has 0 fully saturated rings. The highest BCUT2D eigenvalue weighted by Gasteiger charge is 2.37. The number of aromatic nitrogens is 3. The van der Waals surface area contributed by atoms with Crippen LogP contribution in [0.3, 0.4) is 0 Å². The molecule has 2 aromatic heterocycles. The van der Waals surface area contributed by atoms with Crippen LogP contribution < -0.4 is 0 Å². The maximum absolute atomic E-state index is 12.9. The molecule has 0 spiro atoms. The normalized spacial score (nSPS) is 11.9. The van der Waals surface area contributed by atoms with Crippen molar-refractivity contribution in [1.82, 2.24) is 14.6 Å². The summed E-state index contributed by atoms with van der Waals surface area (Å²) in [5.74, 6) is -0.803. The lowest BCUT2D eigenvalue weighted by atomic mass is 10.2.